The van der Waals surface area contributed by atoms with Crippen molar-refractivity contribution in [1.82, 2.24) is 9.97 Å². The number of benzene rings is 1. The van der Waals surface area contributed by atoms with Crippen LogP contribution < -0.4 is 10.2 Å². The van der Waals surface area contributed by atoms with Gasteiger partial charge in [0.1, 0.15) is 0 Å². The lowest BCUT2D eigenvalue weighted by Crippen LogP contribution is -2.25. The molecule has 5 heteroatoms. The van der Waals surface area contributed by atoms with Gasteiger partial charge in [0.25, 0.3) is 0 Å². The van der Waals surface area contributed by atoms with Gasteiger partial charge in [0.05, 0.1) is 18.6 Å². The van der Waals surface area contributed by atoms with Gasteiger partial charge in [-0.2, -0.15) is 0 Å². The minimum atomic E-state index is 0.108. The minimum Gasteiger partial charge on any atom is -0.379 e. The predicted octanol–water partition coefficient (Wildman–Crippen LogP) is 1.93. The van der Waals surface area contributed by atoms with Crippen molar-refractivity contribution in [3.05, 3.63) is 42.0 Å². The van der Waals surface area contributed by atoms with Gasteiger partial charge < -0.3 is 15.2 Å². The largest absolute Gasteiger partial charge is 0.379 e. The molecule has 3 rings (SSSR count). The molecule has 0 atom stereocenters. The third-order valence-electron chi connectivity index (χ3n) is 3.39. The summed E-state index contributed by atoms with van der Waals surface area (Å²) in [6.07, 6.45) is 4.40. The van der Waals surface area contributed by atoms with Crippen LogP contribution in [0.3, 0.4) is 0 Å². The van der Waals surface area contributed by atoms with Gasteiger partial charge in [-0.1, -0.05) is 0 Å². The van der Waals surface area contributed by atoms with E-state index in [9.17, 15) is 4.79 Å². The van der Waals surface area contributed by atoms with Crippen LogP contribution in [0.4, 0.5) is 11.4 Å². The summed E-state index contributed by atoms with van der Waals surface area (Å²) >= 11 is 0. The number of carbonyl (C=O) groups excluding carboxylic acids is 1. The molecular weight excluding hydrogens is 240 g/mol. The molecule has 19 heavy (non-hydrogen) atoms. The van der Waals surface area contributed by atoms with Crippen LogP contribution in [0.25, 0.3) is 0 Å². The third-order valence-corrected chi connectivity index (χ3v) is 3.39. The summed E-state index contributed by atoms with van der Waals surface area (Å²) < 4.78 is 0. The molecule has 0 fully saturated rings. The Kier molecular flexibility index (Phi) is 2.95. The molecular formula is C14H16N4O. The van der Waals surface area contributed by atoms with E-state index in [1.165, 1.54) is 5.56 Å². The lowest BCUT2D eigenvalue weighted by molar-refractivity contribution is -0.116. The molecule has 0 bridgehead atoms. The monoisotopic (exact) mass is 256 g/mol. The van der Waals surface area contributed by atoms with Crippen LogP contribution in [0.5, 0.6) is 0 Å². The second-order valence-corrected chi connectivity index (χ2v) is 4.69. The number of anilines is 2. The molecule has 5 nitrogen and oxygen atoms in total. The summed E-state index contributed by atoms with van der Waals surface area (Å²) in [5.74, 6) is 0.108. The van der Waals surface area contributed by atoms with Crippen molar-refractivity contribution in [1.29, 1.82) is 0 Å². The molecule has 0 saturated carbocycles. The molecule has 1 aliphatic heterocycles. The van der Waals surface area contributed by atoms with Crippen molar-refractivity contribution in [2.75, 3.05) is 16.8 Å². The summed E-state index contributed by atoms with van der Waals surface area (Å²) in [4.78, 5) is 20.3. The van der Waals surface area contributed by atoms with Gasteiger partial charge in [0.2, 0.25) is 5.91 Å². The fraction of sp³-hybridized carbons (Fsp3) is 0.286. The lowest BCUT2D eigenvalue weighted by Gasteiger charge is -2.15. The molecule has 2 heterocycles. The SMILES string of the molecule is CC(=O)N1CCc2cc(NCc3cnc[nH]3)ccc21. The number of hydrogen-bond donors (Lipinski definition) is 2. The maximum atomic E-state index is 11.5. The van der Waals surface area contributed by atoms with E-state index < -0.39 is 0 Å². The molecule has 1 aliphatic rings. The molecule has 0 unspecified atom stereocenters. The highest BCUT2D eigenvalue weighted by atomic mass is 16.2. The van der Waals surface area contributed by atoms with Crippen molar-refractivity contribution < 1.29 is 4.79 Å². The topological polar surface area (TPSA) is 61.0 Å². The number of aromatic nitrogens is 2. The summed E-state index contributed by atoms with van der Waals surface area (Å²) in [7, 11) is 0. The zero-order valence-electron chi connectivity index (χ0n) is 10.8. The summed E-state index contributed by atoms with van der Waals surface area (Å²) in [5, 5.41) is 3.35. The first-order valence-electron chi connectivity index (χ1n) is 6.36. The van der Waals surface area contributed by atoms with Crippen LogP contribution in [-0.2, 0) is 17.8 Å². The molecule has 2 aromatic rings. The standard InChI is InChI=1S/C14H16N4O/c1-10(19)18-5-4-11-6-12(2-3-14(11)18)16-8-13-7-15-9-17-13/h2-3,6-7,9,16H,4-5,8H2,1H3,(H,15,17). The van der Waals surface area contributed by atoms with Gasteiger partial charge in [-0.25, -0.2) is 4.98 Å². The maximum Gasteiger partial charge on any atom is 0.223 e. The van der Waals surface area contributed by atoms with Crippen LogP contribution in [0, 0.1) is 0 Å². The van der Waals surface area contributed by atoms with Gasteiger partial charge in [0, 0.05) is 31.0 Å². The predicted molar refractivity (Wildman–Crippen MR) is 74.1 cm³/mol. The Bertz CT molecular complexity index is 591. The van der Waals surface area contributed by atoms with E-state index in [0.29, 0.717) is 0 Å². The molecule has 1 aromatic heterocycles. The van der Waals surface area contributed by atoms with Crippen LogP contribution in [0.2, 0.25) is 0 Å². The Labute approximate surface area is 111 Å². The van der Waals surface area contributed by atoms with Gasteiger partial charge in [-0.05, 0) is 30.2 Å². The van der Waals surface area contributed by atoms with Gasteiger partial charge >= 0.3 is 0 Å². The summed E-state index contributed by atoms with van der Waals surface area (Å²) in [5.41, 5.74) is 4.38. The Morgan fingerprint density at radius 2 is 2.42 bits per heavy atom. The molecule has 0 saturated heterocycles. The van der Waals surface area contributed by atoms with E-state index >= 15 is 0 Å². The van der Waals surface area contributed by atoms with Gasteiger partial charge in [0.15, 0.2) is 0 Å². The van der Waals surface area contributed by atoms with Crippen LogP contribution in [-0.4, -0.2) is 22.4 Å². The zero-order valence-corrected chi connectivity index (χ0v) is 10.8. The average Bonchev–Trinajstić information content (AvgIpc) is 3.05. The number of carbonyl (C=O) groups is 1. The molecule has 1 amide bonds. The van der Waals surface area contributed by atoms with E-state index in [0.717, 1.165) is 36.6 Å². The maximum absolute atomic E-state index is 11.5. The third kappa shape index (κ3) is 2.31. The Balaban J connectivity index is 1.74. The van der Waals surface area contributed by atoms with Crippen molar-refractivity contribution in [2.24, 2.45) is 0 Å². The minimum absolute atomic E-state index is 0.108. The van der Waals surface area contributed by atoms with Crippen LogP contribution in [0.1, 0.15) is 18.2 Å². The fourth-order valence-electron chi connectivity index (χ4n) is 2.42. The van der Waals surface area contributed by atoms with E-state index in [1.54, 1.807) is 19.4 Å². The quantitative estimate of drug-likeness (QED) is 0.882. The summed E-state index contributed by atoms with van der Waals surface area (Å²) in [6.45, 7) is 3.11. The molecule has 0 spiro atoms. The summed E-state index contributed by atoms with van der Waals surface area (Å²) in [6, 6.07) is 6.14. The molecule has 0 aliphatic carbocycles. The number of aromatic amines is 1. The average molecular weight is 256 g/mol. The van der Waals surface area contributed by atoms with Crippen molar-refractivity contribution in [2.45, 2.75) is 19.9 Å². The van der Waals surface area contributed by atoms with Crippen LogP contribution >= 0.6 is 0 Å². The van der Waals surface area contributed by atoms with Crippen molar-refractivity contribution in [3.63, 3.8) is 0 Å². The molecule has 2 N–H and O–H groups in total. The number of imidazole rings is 1. The highest BCUT2D eigenvalue weighted by molar-refractivity contribution is 5.94. The Morgan fingerprint density at radius 3 is 3.16 bits per heavy atom. The number of nitrogens with one attached hydrogen (secondary N) is 2. The number of rotatable bonds is 3. The fourth-order valence-corrected chi connectivity index (χ4v) is 2.42. The number of fused-ring (bicyclic) bond motifs is 1. The normalized spacial score (nSPS) is 13.4. The second-order valence-electron chi connectivity index (χ2n) is 4.69. The van der Waals surface area contributed by atoms with Gasteiger partial charge in [-0.15, -0.1) is 0 Å². The van der Waals surface area contributed by atoms with Crippen LogP contribution in [0.15, 0.2) is 30.7 Å². The highest BCUT2D eigenvalue weighted by Gasteiger charge is 2.21. The number of hydrogen-bond acceptors (Lipinski definition) is 3. The second kappa shape index (κ2) is 4.76. The molecule has 98 valence electrons. The lowest BCUT2D eigenvalue weighted by atomic mass is 10.1. The molecule has 1 aromatic carbocycles. The zero-order chi connectivity index (χ0) is 13.2. The van der Waals surface area contributed by atoms with E-state index in [1.807, 2.05) is 17.0 Å². The van der Waals surface area contributed by atoms with Gasteiger partial charge in [-0.3, -0.25) is 4.79 Å². The van der Waals surface area contributed by atoms with Crippen molar-refractivity contribution in [3.8, 4) is 0 Å². The highest BCUT2D eigenvalue weighted by Crippen LogP contribution is 2.30. The number of nitrogens with zero attached hydrogens (tertiary/aromatic N) is 2. The smallest absolute Gasteiger partial charge is 0.223 e. The first kappa shape index (κ1) is 11.8. The first-order valence-corrected chi connectivity index (χ1v) is 6.36. The van der Waals surface area contributed by atoms with E-state index in [4.69, 9.17) is 0 Å². The molecule has 0 radical (unpaired) electrons. The number of amides is 1. The van der Waals surface area contributed by atoms with E-state index in [-0.39, 0.29) is 5.91 Å². The van der Waals surface area contributed by atoms with E-state index in [2.05, 4.69) is 21.4 Å². The first-order chi connectivity index (χ1) is 9.24. The Morgan fingerprint density at radius 1 is 1.53 bits per heavy atom. The van der Waals surface area contributed by atoms with Crippen molar-refractivity contribution >= 4 is 17.3 Å². The number of H-pyrrole nitrogens is 1. The Hall–Kier alpha value is -2.30.